The lowest BCUT2D eigenvalue weighted by Crippen LogP contribution is -2.12. The lowest BCUT2D eigenvalue weighted by molar-refractivity contribution is 0.293. The second-order valence-electron chi connectivity index (χ2n) is 8.90. The molecule has 1 aliphatic carbocycles. The van der Waals surface area contributed by atoms with Crippen LogP contribution in [0.1, 0.15) is 70.1 Å². The molecule has 0 spiro atoms. The molecule has 1 N–H and O–H groups in total. The normalized spacial score (nSPS) is 12.3. The molecule has 5 nitrogen and oxygen atoms in total. The van der Waals surface area contributed by atoms with Gasteiger partial charge in [0.25, 0.3) is 0 Å². The van der Waals surface area contributed by atoms with Gasteiger partial charge in [0, 0.05) is 16.5 Å². The first-order chi connectivity index (χ1) is 19.6. The van der Waals surface area contributed by atoms with E-state index in [1.807, 2.05) is 64.1 Å². The Labute approximate surface area is 246 Å². The van der Waals surface area contributed by atoms with Gasteiger partial charge >= 0.3 is 0 Å². The minimum absolute atomic E-state index is 0.676. The minimum atomic E-state index is 0.676. The van der Waals surface area contributed by atoms with Crippen molar-refractivity contribution in [3.05, 3.63) is 71.3 Å². The van der Waals surface area contributed by atoms with E-state index in [1.165, 1.54) is 31.2 Å². The van der Waals surface area contributed by atoms with Gasteiger partial charge < -0.3 is 23.7 Å². The summed E-state index contributed by atoms with van der Waals surface area (Å²) in [6.07, 6.45) is 10.4. The van der Waals surface area contributed by atoms with Crippen LogP contribution < -0.4 is 23.7 Å². The van der Waals surface area contributed by atoms with Gasteiger partial charge in [-0.2, -0.15) is 0 Å². The van der Waals surface area contributed by atoms with Crippen LogP contribution in [0.4, 0.5) is 5.69 Å². The van der Waals surface area contributed by atoms with E-state index in [-0.39, 0.29) is 0 Å². The summed E-state index contributed by atoms with van der Waals surface area (Å²) < 4.78 is 26.0. The first-order valence-electron chi connectivity index (χ1n) is 14.3. The zero-order valence-electron chi connectivity index (χ0n) is 25.5. The molecule has 0 atom stereocenters. The molecule has 0 bridgehead atoms. The lowest BCUT2D eigenvalue weighted by Gasteiger charge is -2.25. The fourth-order valence-electron chi connectivity index (χ4n) is 4.40. The van der Waals surface area contributed by atoms with Gasteiger partial charge in [0.05, 0.1) is 34.1 Å². The molecule has 4 rings (SSSR count). The van der Waals surface area contributed by atoms with Crippen LogP contribution in [0.25, 0.3) is 12.2 Å². The third-order valence-electron chi connectivity index (χ3n) is 6.66. The van der Waals surface area contributed by atoms with Crippen LogP contribution in [0, 0.1) is 5.92 Å². The average molecular weight is 566 g/mol. The van der Waals surface area contributed by atoms with Gasteiger partial charge in [-0.25, -0.2) is 0 Å². The van der Waals surface area contributed by atoms with Crippen LogP contribution >= 0.6 is 11.9 Å². The Kier molecular flexibility index (Phi) is 15.0. The molecule has 0 radical (unpaired) electrons. The predicted octanol–water partition coefficient (Wildman–Crippen LogP) is 9.80. The Balaban J connectivity index is 0.00000134. The highest BCUT2D eigenvalue weighted by atomic mass is 32.2. The second kappa shape index (κ2) is 18.2. The largest absolute Gasteiger partial charge is 0.493 e. The van der Waals surface area contributed by atoms with Gasteiger partial charge in [0.1, 0.15) is 0 Å². The molecule has 0 aromatic heterocycles. The predicted molar refractivity (Wildman–Crippen MR) is 172 cm³/mol. The van der Waals surface area contributed by atoms with E-state index in [1.54, 1.807) is 40.4 Å². The topological polar surface area (TPSA) is 49.0 Å². The number of hydrogen-bond donors (Lipinski definition) is 1. The monoisotopic (exact) mass is 565 g/mol. The van der Waals surface area contributed by atoms with E-state index in [2.05, 4.69) is 35.1 Å². The third kappa shape index (κ3) is 9.16. The number of hydrogen-bond acceptors (Lipinski definition) is 6. The van der Waals surface area contributed by atoms with E-state index in [4.69, 9.17) is 18.9 Å². The molecule has 0 aliphatic heterocycles. The number of nitrogens with one attached hydrogen (secondary N) is 1. The molecular formula is C34H47NO4S. The molecule has 0 saturated heterocycles. The zero-order chi connectivity index (χ0) is 29.3. The maximum atomic E-state index is 5.73. The summed E-state index contributed by atoms with van der Waals surface area (Å²) in [5.41, 5.74) is 4.17. The molecule has 3 aromatic rings. The van der Waals surface area contributed by atoms with Gasteiger partial charge in [-0.3, -0.25) is 0 Å². The quantitative estimate of drug-likeness (QED) is 0.174. The van der Waals surface area contributed by atoms with Crippen molar-refractivity contribution < 1.29 is 18.9 Å². The van der Waals surface area contributed by atoms with E-state index in [0.717, 1.165) is 45.5 Å². The summed E-state index contributed by atoms with van der Waals surface area (Å²) in [7, 11) is 6.71. The molecule has 6 heteroatoms. The molecule has 0 unspecified atom stereocenters. The minimum Gasteiger partial charge on any atom is -0.493 e. The average Bonchev–Trinajstić information content (AvgIpc) is 3.00. The van der Waals surface area contributed by atoms with Gasteiger partial charge in [-0.1, -0.05) is 77.3 Å². The maximum absolute atomic E-state index is 5.73. The fourth-order valence-corrected chi connectivity index (χ4v) is 5.10. The molecule has 0 heterocycles. The molecule has 1 aliphatic rings. The number of methoxy groups -OCH3 is 4. The van der Waals surface area contributed by atoms with Crippen molar-refractivity contribution >= 4 is 29.8 Å². The fraction of sp³-hybridized carbons (Fsp3) is 0.412. The van der Waals surface area contributed by atoms with Gasteiger partial charge in [0.2, 0.25) is 0 Å². The molecular weight excluding hydrogens is 518 g/mol. The van der Waals surface area contributed by atoms with E-state index < -0.39 is 0 Å². The zero-order valence-corrected chi connectivity index (χ0v) is 26.3. The Morgan fingerprint density at radius 3 is 2.00 bits per heavy atom. The molecule has 0 amide bonds. The van der Waals surface area contributed by atoms with Crippen molar-refractivity contribution in [2.75, 3.05) is 33.2 Å². The van der Waals surface area contributed by atoms with Crippen LogP contribution in [-0.4, -0.2) is 28.4 Å². The van der Waals surface area contributed by atoms with Crippen molar-refractivity contribution in [2.24, 2.45) is 5.92 Å². The second-order valence-corrected chi connectivity index (χ2v) is 9.78. The Hall–Kier alpha value is -3.25. The van der Waals surface area contributed by atoms with Gasteiger partial charge in [-0.05, 0) is 72.2 Å². The summed E-state index contributed by atoms with van der Waals surface area (Å²) in [6, 6.07) is 18.4. The smallest absolute Gasteiger partial charge is 0.163 e. The number of ether oxygens (including phenoxy) is 4. The van der Waals surface area contributed by atoms with Crippen molar-refractivity contribution in [1.29, 1.82) is 0 Å². The lowest BCUT2D eigenvalue weighted by atomic mass is 9.81. The van der Waals surface area contributed by atoms with E-state index >= 15 is 0 Å². The standard InChI is InChI=1S/C30H35NO4S.2C2H6/c1-32-27-19-23(26(20-28(27)33-2)31-36-25-11-6-5-7-12-25)15-14-22-17-24(16-13-21-9-8-10-21)30(35-4)29(18-22)34-3;2*1-2/h5-7,11-12,14-15,17-21,31H,8-10,13,16H2,1-4H3;2*1-2H3/b15-14-;;. The summed E-state index contributed by atoms with van der Waals surface area (Å²) in [5.74, 6) is 3.79. The number of aryl methyl sites for hydroxylation is 1. The first-order valence-corrected chi connectivity index (χ1v) is 15.1. The highest BCUT2D eigenvalue weighted by molar-refractivity contribution is 8.00. The number of benzene rings is 3. The van der Waals surface area contributed by atoms with E-state index in [0.29, 0.717) is 11.5 Å². The summed E-state index contributed by atoms with van der Waals surface area (Å²) in [6.45, 7) is 8.00. The summed E-state index contributed by atoms with van der Waals surface area (Å²) in [4.78, 5) is 1.12. The highest BCUT2D eigenvalue weighted by Crippen LogP contribution is 2.39. The van der Waals surface area contributed by atoms with Crippen LogP contribution in [0.15, 0.2) is 59.5 Å². The van der Waals surface area contributed by atoms with Gasteiger partial charge in [-0.15, -0.1) is 0 Å². The highest BCUT2D eigenvalue weighted by Gasteiger charge is 2.19. The Bertz CT molecular complexity index is 1180. The Morgan fingerprint density at radius 1 is 0.775 bits per heavy atom. The van der Waals surface area contributed by atoms with Crippen LogP contribution in [-0.2, 0) is 6.42 Å². The summed E-state index contributed by atoms with van der Waals surface area (Å²) >= 11 is 1.56. The molecule has 40 heavy (non-hydrogen) atoms. The van der Waals surface area contributed by atoms with Crippen LogP contribution in [0.2, 0.25) is 0 Å². The number of anilines is 1. The van der Waals surface area contributed by atoms with E-state index in [9.17, 15) is 0 Å². The Morgan fingerprint density at radius 2 is 1.43 bits per heavy atom. The van der Waals surface area contributed by atoms with Crippen molar-refractivity contribution in [1.82, 2.24) is 0 Å². The van der Waals surface area contributed by atoms with Crippen LogP contribution in [0.3, 0.4) is 0 Å². The molecule has 1 saturated carbocycles. The van der Waals surface area contributed by atoms with Crippen molar-refractivity contribution in [2.45, 2.75) is 64.7 Å². The van der Waals surface area contributed by atoms with Crippen molar-refractivity contribution in [3.63, 3.8) is 0 Å². The van der Waals surface area contributed by atoms with Crippen molar-refractivity contribution in [3.8, 4) is 23.0 Å². The number of rotatable bonds is 12. The van der Waals surface area contributed by atoms with Crippen LogP contribution in [0.5, 0.6) is 23.0 Å². The summed E-state index contributed by atoms with van der Waals surface area (Å²) in [5, 5.41) is 0. The molecule has 218 valence electrons. The SMILES string of the molecule is CC.CC.COc1cc(/C=C\c2cc(CCC3CCC3)c(OC)c(OC)c2)c(NSc2ccccc2)cc1OC. The molecule has 1 fully saturated rings. The third-order valence-corrected chi connectivity index (χ3v) is 7.49. The first kappa shape index (κ1) is 33.0. The molecule has 3 aromatic carbocycles. The maximum Gasteiger partial charge on any atom is 0.163 e. The van der Waals surface area contributed by atoms with Gasteiger partial charge in [0.15, 0.2) is 23.0 Å².